The van der Waals surface area contributed by atoms with Crippen molar-refractivity contribution in [1.29, 1.82) is 0 Å². The summed E-state index contributed by atoms with van der Waals surface area (Å²) in [4.78, 5) is 4.41. The maximum absolute atomic E-state index is 5.90. The smallest absolute Gasteiger partial charge is 0.188 e. The molecular weight excluding hydrogens is 242 g/mol. The number of nitrogens with zero attached hydrogens (tertiary/aromatic N) is 1. The van der Waals surface area contributed by atoms with E-state index in [2.05, 4.69) is 16.6 Å². The molecule has 0 atom stereocenters. The van der Waals surface area contributed by atoms with E-state index in [1.165, 1.54) is 63.5 Å². The molecule has 1 saturated carbocycles. The van der Waals surface area contributed by atoms with Gasteiger partial charge in [-0.05, 0) is 37.7 Å². The van der Waals surface area contributed by atoms with Crippen molar-refractivity contribution in [3.8, 4) is 0 Å². The van der Waals surface area contributed by atoms with Crippen LogP contribution in [0.4, 0.5) is 0 Å². The van der Waals surface area contributed by atoms with Gasteiger partial charge in [-0.25, -0.2) is 0 Å². The highest BCUT2D eigenvalue weighted by Gasteiger charge is 2.12. The van der Waals surface area contributed by atoms with E-state index in [-0.39, 0.29) is 0 Å². The van der Waals surface area contributed by atoms with E-state index in [1.54, 1.807) is 0 Å². The van der Waals surface area contributed by atoms with Crippen LogP contribution in [0.2, 0.25) is 0 Å². The van der Waals surface area contributed by atoms with Crippen molar-refractivity contribution in [3.05, 3.63) is 0 Å². The third-order valence-corrected chi connectivity index (χ3v) is 4.19. The predicted octanol–water partition coefficient (Wildman–Crippen LogP) is 3.15. The van der Waals surface area contributed by atoms with Crippen LogP contribution in [0.5, 0.6) is 0 Å². The number of aliphatic imine (C=N–C) groups is 1. The van der Waals surface area contributed by atoms with Gasteiger partial charge in [0.1, 0.15) is 0 Å². The molecule has 0 spiro atoms. The van der Waals surface area contributed by atoms with Crippen LogP contribution in [0, 0.1) is 0 Å². The Kier molecular flexibility index (Phi) is 9.17. The van der Waals surface area contributed by atoms with E-state index in [1.807, 2.05) is 11.8 Å². The van der Waals surface area contributed by atoms with Crippen molar-refractivity contribution in [2.45, 2.75) is 63.8 Å². The molecule has 0 saturated heterocycles. The topological polar surface area (TPSA) is 50.4 Å². The first-order valence-electron chi connectivity index (χ1n) is 7.38. The lowest BCUT2D eigenvalue weighted by molar-refractivity contribution is 0.412. The average molecular weight is 271 g/mol. The summed E-state index contributed by atoms with van der Waals surface area (Å²) in [6.45, 7) is 0.880. The molecule has 0 aliphatic heterocycles. The minimum Gasteiger partial charge on any atom is -0.370 e. The van der Waals surface area contributed by atoms with Gasteiger partial charge in [-0.3, -0.25) is 4.99 Å². The fraction of sp³-hybridized carbons (Fsp3) is 0.929. The molecule has 1 aliphatic rings. The maximum atomic E-state index is 5.90. The zero-order valence-corrected chi connectivity index (χ0v) is 12.6. The van der Waals surface area contributed by atoms with Crippen LogP contribution in [-0.4, -0.2) is 30.6 Å². The van der Waals surface area contributed by atoms with Gasteiger partial charge in [-0.2, -0.15) is 11.8 Å². The number of nitrogens with two attached hydrogens (primary N) is 1. The van der Waals surface area contributed by atoms with Crippen LogP contribution in [-0.2, 0) is 0 Å². The van der Waals surface area contributed by atoms with Gasteiger partial charge in [0.15, 0.2) is 5.96 Å². The molecule has 1 fully saturated rings. The molecular formula is C14H29N3S. The highest BCUT2D eigenvalue weighted by molar-refractivity contribution is 7.98. The largest absolute Gasteiger partial charge is 0.370 e. The van der Waals surface area contributed by atoms with Crippen LogP contribution < -0.4 is 11.1 Å². The third kappa shape index (κ3) is 7.85. The second-order valence-electron chi connectivity index (χ2n) is 5.15. The van der Waals surface area contributed by atoms with Gasteiger partial charge in [-0.1, -0.05) is 32.1 Å². The minimum atomic E-state index is 0.573. The summed E-state index contributed by atoms with van der Waals surface area (Å²) in [5.41, 5.74) is 5.90. The summed E-state index contributed by atoms with van der Waals surface area (Å²) in [6, 6.07) is 0.573. The minimum absolute atomic E-state index is 0.573. The van der Waals surface area contributed by atoms with Gasteiger partial charge in [0.2, 0.25) is 0 Å². The van der Waals surface area contributed by atoms with Gasteiger partial charge in [-0.15, -0.1) is 0 Å². The van der Waals surface area contributed by atoms with E-state index < -0.39 is 0 Å². The summed E-state index contributed by atoms with van der Waals surface area (Å²) < 4.78 is 0. The van der Waals surface area contributed by atoms with Gasteiger partial charge >= 0.3 is 0 Å². The number of thioether (sulfide) groups is 1. The fourth-order valence-electron chi connectivity index (χ4n) is 2.41. The molecule has 1 aliphatic carbocycles. The average Bonchev–Trinajstić information content (AvgIpc) is 2.39. The molecule has 3 N–H and O–H groups in total. The number of unbranched alkanes of at least 4 members (excludes halogenated alkanes) is 3. The Hall–Kier alpha value is -0.380. The highest BCUT2D eigenvalue weighted by atomic mass is 32.2. The Morgan fingerprint density at radius 1 is 1.17 bits per heavy atom. The van der Waals surface area contributed by atoms with Crippen molar-refractivity contribution in [3.63, 3.8) is 0 Å². The first-order valence-corrected chi connectivity index (χ1v) is 8.77. The molecule has 0 aromatic carbocycles. The van der Waals surface area contributed by atoms with Crippen LogP contribution >= 0.6 is 11.8 Å². The molecule has 0 radical (unpaired) electrons. The molecule has 106 valence electrons. The van der Waals surface area contributed by atoms with Gasteiger partial charge in [0.05, 0.1) is 0 Å². The van der Waals surface area contributed by atoms with Crippen LogP contribution in [0.3, 0.4) is 0 Å². The Morgan fingerprint density at radius 3 is 2.61 bits per heavy atom. The summed E-state index contributed by atoms with van der Waals surface area (Å²) in [6.07, 6.45) is 13.8. The van der Waals surface area contributed by atoms with E-state index in [0.29, 0.717) is 12.0 Å². The molecule has 0 heterocycles. The Bertz CT molecular complexity index is 225. The number of nitrogens with one attached hydrogen (secondary N) is 1. The zero-order valence-electron chi connectivity index (χ0n) is 11.8. The highest BCUT2D eigenvalue weighted by Crippen LogP contribution is 2.16. The van der Waals surface area contributed by atoms with Crippen molar-refractivity contribution in [1.82, 2.24) is 5.32 Å². The standard InChI is InChI=1S/C14H29N3S/c1-18-12-8-3-2-7-11-16-14(15)17-13-9-5-4-6-10-13/h13H,2-12H2,1H3,(H3,15,16,17). The van der Waals surface area contributed by atoms with E-state index in [9.17, 15) is 0 Å². The second kappa shape index (κ2) is 10.5. The SMILES string of the molecule is CSCCCCCCN=C(N)NC1CCCCC1. The number of rotatable bonds is 8. The normalized spacial score (nSPS) is 17.9. The molecule has 1 rings (SSSR count). The molecule has 0 unspecified atom stereocenters. The summed E-state index contributed by atoms with van der Waals surface area (Å²) in [5, 5.41) is 3.35. The quantitative estimate of drug-likeness (QED) is 0.405. The monoisotopic (exact) mass is 271 g/mol. The second-order valence-corrected chi connectivity index (χ2v) is 6.14. The Morgan fingerprint density at radius 2 is 1.89 bits per heavy atom. The number of guanidine groups is 1. The van der Waals surface area contributed by atoms with Crippen molar-refractivity contribution >= 4 is 17.7 Å². The Labute approximate surface area is 116 Å². The third-order valence-electron chi connectivity index (χ3n) is 3.50. The number of hydrogen-bond donors (Lipinski definition) is 2. The van der Waals surface area contributed by atoms with E-state index in [4.69, 9.17) is 5.73 Å². The summed E-state index contributed by atoms with van der Waals surface area (Å²) in [5.74, 6) is 1.94. The van der Waals surface area contributed by atoms with Gasteiger partial charge in [0.25, 0.3) is 0 Å². The predicted molar refractivity (Wildman–Crippen MR) is 83.3 cm³/mol. The molecule has 0 aromatic rings. The molecule has 18 heavy (non-hydrogen) atoms. The first-order chi connectivity index (χ1) is 8.83. The molecule has 4 heteroatoms. The molecule has 0 aromatic heterocycles. The van der Waals surface area contributed by atoms with Crippen LogP contribution in [0.25, 0.3) is 0 Å². The first kappa shape index (κ1) is 15.7. The summed E-state index contributed by atoms with van der Waals surface area (Å²) in [7, 11) is 0. The van der Waals surface area contributed by atoms with Crippen LogP contribution in [0.1, 0.15) is 57.8 Å². The molecule has 3 nitrogen and oxygen atoms in total. The lowest BCUT2D eigenvalue weighted by Crippen LogP contribution is -2.41. The number of hydrogen-bond acceptors (Lipinski definition) is 2. The van der Waals surface area contributed by atoms with Crippen LogP contribution in [0.15, 0.2) is 4.99 Å². The molecule has 0 bridgehead atoms. The van der Waals surface area contributed by atoms with E-state index >= 15 is 0 Å². The Balaban J connectivity index is 1.99. The van der Waals surface area contributed by atoms with Crippen molar-refractivity contribution < 1.29 is 0 Å². The van der Waals surface area contributed by atoms with Gasteiger partial charge < -0.3 is 11.1 Å². The van der Waals surface area contributed by atoms with Crippen molar-refractivity contribution in [2.24, 2.45) is 10.7 Å². The molecule has 0 amide bonds. The lowest BCUT2D eigenvalue weighted by Gasteiger charge is -2.23. The summed E-state index contributed by atoms with van der Waals surface area (Å²) >= 11 is 1.93. The fourth-order valence-corrected chi connectivity index (χ4v) is 2.91. The lowest BCUT2D eigenvalue weighted by atomic mass is 9.96. The zero-order chi connectivity index (χ0) is 13.1. The van der Waals surface area contributed by atoms with Crippen molar-refractivity contribution in [2.75, 3.05) is 18.6 Å². The maximum Gasteiger partial charge on any atom is 0.188 e. The van der Waals surface area contributed by atoms with Gasteiger partial charge in [0, 0.05) is 12.6 Å². The van der Waals surface area contributed by atoms with E-state index in [0.717, 1.165) is 6.54 Å².